The molecule has 3 aliphatic rings. The number of hydrogen-bond acceptors (Lipinski definition) is 5. The number of amides is 1. The normalized spacial score (nSPS) is 23.4. The lowest BCUT2D eigenvalue weighted by atomic mass is 10.00. The molecule has 6 nitrogen and oxygen atoms in total. The lowest BCUT2D eigenvalue weighted by Gasteiger charge is -2.24. The topological polar surface area (TPSA) is 81.3 Å². The van der Waals surface area contributed by atoms with Crippen molar-refractivity contribution in [3.05, 3.63) is 64.5 Å². The molecule has 182 valence electrons. The van der Waals surface area contributed by atoms with Crippen LogP contribution in [0.2, 0.25) is 0 Å². The van der Waals surface area contributed by atoms with Crippen LogP contribution in [0.3, 0.4) is 0 Å². The van der Waals surface area contributed by atoms with Gasteiger partial charge in [-0.3, -0.25) is 9.78 Å². The number of hydrogen-bond donors (Lipinski definition) is 1. The molecule has 1 aliphatic heterocycles. The Kier molecular flexibility index (Phi) is 5.03. The molecule has 2 fully saturated rings. The predicted molar refractivity (Wildman–Crippen MR) is 123 cm³/mol. The Bertz CT molecular complexity index is 1320. The summed E-state index contributed by atoms with van der Waals surface area (Å²) < 4.78 is 44.7. The van der Waals surface area contributed by atoms with Crippen LogP contribution in [0.1, 0.15) is 65.0 Å². The van der Waals surface area contributed by atoms with Gasteiger partial charge in [-0.25, -0.2) is 4.98 Å². The van der Waals surface area contributed by atoms with E-state index in [2.05, 4.69) is 9.97 Å². The number of nitrogens with two attached hydrogens (primary N) is 1. The van der Waals surface area contributed by atoms with E-state index in [1.165, 1.54) is 18.9 Å². The number of rotatable bonds is 5. The number of alkyl halides is 3. The quantitative estimate of drug-likeness (QED) is 0.536. The van der Waals surface area contributed by atoms with Crippen LogP contribution in [0.15, 0.2) is 36.5 Å². The molecule has 2 saturated carbocycles. The van der Waals surface area contributed by atoms with E-state index in [4.69, 9.17) is 10.5 Å². The molecule has 3 atom stereocenters. The van der Waals surface area contributed by atoms with Gasteiger partial charge in [-0.05, 0) is 73.9 Å². The minimum absolute atomic E-state index is 0.0772. The zero-order chi connectivity index (χ0) is 24.5. The molecule has 0 bridgehead atoms. The fourth-order valence-electron chi connectivity index (χ4n) is 5.35. The summed E-state index contributed by atoms with van der Waals surface area (Å²) in [4.78, 5) is 24.1. The first kappa shape index (κ1) is 22.3. The first-order valence-electron chi connectivity index (χ1n) is 11.9. The summed E-state index contributed by atoms with van der Waals surface area (Å²) in [6.07, 6.45) is -0.499. The molecular weight excluding hydrogens is 457 g/mol. The van der Waals surface area contributed by atoms with Crippen molar-refractivity contribution in [1.82, 2.24) is 14.9 Å². The Morgan fingerprint density at radius 1 is 1.23 bits per heavy atom. The fourth-order valence-corrected chi connectivity index (χ4v) is 5.35. The molecular formula is C26H25F3N4O2. The van der Waals surface area contributed by atoms with Crippen molar-refractivity contribution >= 4 is 22.6 Å². The summed E-state index contributed by atoms with van der Waals surface area (Å²) in [5.74, 6) is 1.38. The highest BCUT2D eigenvalue weighted by atomic mass is 19.4. The Hall–Kier alpha value is -3.20. The van der Waals surface area contributed by atoms with Gasteiger partial charge in [-0.1, -0.05) is 0 Å². The van der Waals surface area contributed by atoms with Crippen molar-refractivity contribution < 1.29 is 22.7 Å². The van der Waals surface area contributed by atoms with E-state index < -0.39 is 11.7 Å². The highest BCUT2D eigenvalue weighted by Crippen LogP contribution is 2.52. The standard InChI is InChI=1S/C26H25F3N4O2/c1-13-23-20(12-35-13)19-8-15(4-7-21(19)32-24(23)30)25(34)33(22-9-18(22)14-2-3-14)11-17-6-5-16(10-31-17)26(27,28)29/h4-8,10,13-14,18,22H,2-3,9,11-12H2,1H3,(H2,30,32)/t13-,18+,22+/m1/s1. The number of benzene rings is 1. The van der Waals surface area contributed by atoms with Crippen molar-refractivity contribution in [3.8, 4) is 0 Å². The van der Waals surface area contributed by atoms with Crippen molar-refractivity contribution in [1.29, 1.82) is 0 Å². The Labute approximate surface area is 200 Å². The van der Waals surface area contributed by atoms with Gasteiger partial charge in [0.2, 0.25) is 0 Å². The molecule has 0 unspecified atom stereocenters. The van der Waals surface area contributed by atoms with Crippen LogP contribution in [0, 0.1) is 11.8 Å². The van der Waals surface area contributed by atoms with Crippen LogP contribution >= 0.6 is 0 Å². The second-order valence-corrected chi connectivity index (χ2v) is 9.85. The van der Waals surface area contributed by atoms with Crippen molar-refractivity contribution in [2.75, 3.05) is 5.73 Å². The van der Waals surface area contributed by atoms with Crippen LogP contribution in [0.5, 0.6) is 0 Å². The van der Waals surface area contributed by atoms with Gasteiger partial charge in [0.25, 0.3) is 5.91 Å². The maximum absolute atomic E-state index is 13.8. The summed E-state index contributed by atoms with van der Waals surface area (Å²) in [6, 6.07) is 7.83. The zero-order valence-corrected chi connectivity index (χ0v) is 19.2. The molecule has 2 N–H and O–H groups in total. The maximum Gasteiger partial charge on any atom is 0.417 e. The van der Waals surface area contributed by atoms with E-state index in [9.17, 15) is 18.0 Å². The van der Waals surface area contributed by atoms with Gasteiger partial charge < -0.3 is 15.4 Å². The number of nitrogen functional groups attached to an aromatic ring is 1. The first-order chi connectivity index (χ1) is 16.7. The third-order valence-corrected chi connectivity index (χ3v) is 7.47. The summed E-state index contributed by atoms with van der Waals surface area (Å²) in [5.41, 5.74) is 8.82. The van der Waals surface area contributed by atoms with E-state index in [0.717, 1.165) is 35.2 Å². The fraction of sp³-hybridized carbons (Fsp3) is 0.423. The minimum atomic E-state index is -4.45. The molecule has 0 radical (unpaired) electrons. The smallest absolute Gasteiger partial charge is 0.383 e. The highest BCUT2D eigenvalue weighted by molar-refractivity contribution is 5.99. The molecule has 6 rings (SSSR count). The van der Waals surface area contributed by atoms with Crippen LogP contribution in [-0.2, 0) is 24.1 Å². The molecule has 2 aromatic heterocycles. The molecule has 0 spiro atoms. The lowest BCUT2D eigenvalue weighted by molar-refractivity contribution is -0.137. The molecule has 3 heterocycles. The number of ether oxygens (including phenoxy) is 1. The molecule has 0 saturated heterocycles. The monoisotopic (exact) mass is 482 g/mol. The van der Waals surface area contributed by atoms with Crippen LogP contribution < -0.4 is 5.73 Å². The highest BCUT2D eigenvalue weighted by Gasteiger charge is 2.51. The van der Waals surface area contributed by atoms with Gasteiger partial charge in [0.15, 0.2) is 0 Å². The zero-order valence-electron chi connectivity index (χ0n) is 19.2. The van der Waals surface area contributed by atoms with E-state index in [1.54, 1.807) is 17.0 Å². The van der Waals surface area contributed by atoms with Crippen LogP contribution in [-0.4, -0.2) is 26.8 Å². The van der Waals surface area contributed by atoms with Crippen LogP contribution in [0.4, 0.5) is 19.0 Å². The van der Waals surface area contributed by atoms with Gasteiger partial charge in [-0.2, -0.15) is 13.2 Å². The number of nitrogens with zero attached hydrogens (tertiary/aromatic N) is 3. The molecule has 2 aliphatic carbocycles. The molecule has 9 heteroatoms. The third-order valence-electron chi connectivity index (χ3n) is 7.47. The Balaban J connectivity index is 1.33. The number of carbonyl (C=O) groups excluding carboxylic acids is 1. The summed E-state index contributed by atoms with van der Waals surface area (Å²) >= 11 is 0. The van der Waals surface area contributed by atoms with Crippen molar-refractivity contribution in [3.63, 3.8) is 0 Å². The van der Waals surface area contributed by atoms with Gasteiger partial charge in [0.1, 0.15) is 5.82 Å². The number of fused-ring (bicyclic) bond motifs is 3. The third kappa shape index (κ3) is 4.01. The SMILES string of the molecule is C[C@H]1OCc2c1c(N)nc1ccc(C(=O)N(Cc3ccc(C(F)(F)F)cn3)[C@H]3C[C@H]3C3CC3)cc21. The van der Waals surface area contributed by atoms with E-state index in [1.807, 2.05) is 13.0 Å². The van der Waals surface area contributed by atoms with E-state index in [0.29, 0.717) is 41.0 Å². The number of halogens is 3. The van der Waals surface area contributed by atoms with E-state index in [-0.39, 0.29) is 24.6 Å². The number of aromatic nitrogens is 2. The molecule has 3 aromatic rings. The second kappa shape index (κ2) is 7.91. The first-order valence-corrected chi connectivity index (χ1v) is 11.9. The summed E-state index contributed by atoms with van der Waals surface area (Å²) in [6.45, 7) is 2.50. The largest absolute Gasteiger partial charge is 0.417 e. The second-order valence-electron chi connectivity index (χ2n) is 9.85. The average molecular weight is 483 g/mol. The Morgan fingerprint density at radius 3 is 2.71 bits per heavy atom. The van der Waals surface area contributed by atoms with Gasteiger partial charge in [0, 0.05) is 28.8 Å². The number of pyridine rings is 2. The number of carbonyl (C=O) groups is 1. The maximum atomic E-state index is 13.8. The van der Waals surface area contributed by atoms with Gasteiger partial charge in [0.05, 0.1) is 36.0 Å². The summed E-state index contributed by atoms with van der Waals surface area (Å²) in [5, 5.41) is 0.839. The number of anilines is 1. The van der Waals surface area contributed by atoms with Crippen LogP contribution in [0.25, 0.3) is 10.9 Å². The van der Waals surface area contributed by atoms with E-state index >= 15 is 0 Å². The lowest BCUT2D eigenvalue weighted by Crippen LogP contribution is -2.34. The molecule has 35 heavy (non-hydrogen) atoms. The minimum Gasteiger partial charge on any atom is -0.383 e. The molecule has 1 aromatic carbocycles. The molecule has 1 amide bonds. The van der Waals surface area contributed by atoms with Gasteiger partial charge in [-0.15, -0.1) is 0 Å². The average Bonchev–Trinajstić information content (AvgIpc) is 3.74. The van der Waals surface area contributed by atoms with Crippen molar-refractivity contribution in [2.24, 2.45) is 11.8 Å². The summed E-state index contributed by atoms with van der Waals surface area (Å²) in [7, 11) is 0. The predicted octanol–water partition coefficient (Wildman–Crippen LogP) is 5.26. The Morgan fingerprint density at radius 2 is 2.03 bits per heavy atom. The van der Waals surface area contributed by atoms with Gasteiger partial charge >= 0.3 is 6.18 Å². The van der Waals surface area contributed by atoms with Crippen molar-refractivity contribution in [2.45, 2.75) is 57.7 Å².